The minimum absolute atomic E-state index is 0.0833. The van der Waals surface area contributed by atoms with Crippen LogP contribution in [0.1, 0.15) is 52.0 Å². The van der Waals surface area contributed by atoms with Crippen molar-refractivity contribution in [3.8, 4) is 28.8 Å². The lowest BCUT2D eigenvalue weighted by molar-refractivity contribution is -0.385. The van der Waals surface area contributed by atoms with Gasteiger partial charge in [-0.25, -0.2) is 4.68 Å². The van der Waals surface area contributed by atoms with Crippen molar-refractivity contribution < 1.29 is 19.2 Å². The monoisotopic (exact) mass is 553 g/mol. The van der Waals surface area contributed by atoms with Gasteiger partial charge in [0, 0.05) is 35.5 Å². The van der Waals surface area contributed by atoms with E-state index >= 15 is 0 Å². The molecule has 0 aliphatic carbocycles. The molecule has 1 aliphatic heterocycles. The number of benzene rings is 2. The highest BCUT2D eigenvalue weighted by atomic mass is 16.6. The van der Waals surface area contributed by atoms with E-state index in [0.717, 1.165) is 29.8 Å². The molecule has 0 atom stereocenters. The smallest absolute Gasteiger partial charge is 0.311 e. The molecule has 0 bridgehead atoms. The predicted octanol–water partition coefficient (Wildman–Crippen LogP) is 6.02. The summed E-state index contributed by atoms with van der Waals surface area (Å²) in [4.78, 5) is 39.1. The van der Waals surface area contributed by atoms with Crippen LogP contribution in [0.3, 0.4) is 0 Å². The van der Waals surface area contributed by atoms with E-state index in [1.54, 1.807) is 36.9 Å². The van der Waals surface area contributed by atoms with E-state index in [1.165, 1.54) is 12.1 Å². The van der Waals surface area contributed by atoms with Gasteiger partial charge in [0.1, 0.15) is 17.3 Å². The Morgan fingerprint density at radius 2 is 1.83 bits per heavy atom. The van der Waals surface area contributed by atoms with Gasteiger partial charge in [-0.2, -0.15) is 10.4 Å². The van der Waals surface area contributed by atoms with Crippen LogP contribution in [0.2, 0.25) is 0 Å². The first kappa shape index (κ1) is 29.0. The largest absolute Gasteiger partial charge is 0.487 e. The van der Waals surface area contributed by atoms with Crippen molar-refractivity contribution in [3.05, 3.63) is 87.1 Å². The van der Waals surface area contributed by atoms with Crippen molar-refractivity contribution >= 4 is 23.6 Å². The quantitative estimate of drug-likeness (QED) is 0.0933. The minimum Gasteiger partial charge on any atom is -0.487 e. The fourth-order valence-electron chi connectivity index (χ4n) is 4.70. The molecule has 2 heterocycles. The van der Waals surface area contributed by atoms with E-state index in [4.69, 9.17) is 9.84 Å². The van der Waals surface area contributed by atoms with Crippen LogP contribution in [-0.4, -0.2) is 44.6 Å². The number of nitro groups is 1. The number of aromatic nitrogens is 2. The van der Waals surface area contributed by atoms with Crippen LogP contribution >= 0.6 is 0 Å². The van der Waals surface area contributed by atoms with E-state index in [0.29, 0.717) is 23.2 Å². The number of nitriles is 1. The van der Waals surface area contributed by atoms with E-state index < -0.39 is 16.7 Å². The summed E-state index contributed by atoms with van der Waals surface area (Å²) in [5.74, 6) is -0.939. The van der Waals surface area contributed by atoms with E-state index in [9.17, 15) is 25.0 Å². The number of amides is 2. The van der Waals surface area contributed by atoms with Gasteiger partial charge in [-0.15, -0.1) is 0 Å². The van der Waals surface area contributed by atoms with Gasteiger partial charge in [-0.3, -0.25) is 24.6 Å². The van der Waals surface area contributed by atoms with Crippen LogP contribution in [0.15, 0.2) is 71.4 Å². The lowest BCUT2D eigenvalue weighted by Crippen LogP contribution is -2.43. The van der Waals surface area contributed by atoms with Crippen molar-refractivity contribution in [1.82, 2.24) is 14.7 Å². The average Bonchev–Trinajstić information content (AvgIpc) is 3.40. The highest BCUT2D eigenvalue weighted by Crippen LogP contribution is 2.35. The number of rotatable bonds is 11. The fourth-order valence-corrected chi connectivity index (χ4v) is 4.70. The van der Waals surface area contributed by atoms with Crippen molar-refractivity contribution in [2.45, 2.75) is 46.5 Å². The number of unbranched alkanes of at least 4 members (excludes halogenated alkanes) is 3. The van der Waals surface area contributed by atoms with Crippen LogP contribution in [0.25, 0.3) is 23.0 Å². The van der Waals surface area contributed by atoms with Gasteiger partial charge in [-0.1, -0.05) is 44.4 Å². The van der Waals surface area contributed by atoms with Crippen LogP contribution in [0.4, 0.5) is 5.69 Å². The first-order chi connectivity index (χ1) is 19.8. The molecular weight excluding hydrogens is 522 g/mol. The maximum Gasteiger partial charge on any atom is 0.311 e. The standard InChI is InChI=1S/C31H31N5O5/c1-4-6-7-11-16-34-30(37)25(21(3)26(19-32)31(34)38)17-23-20-35(24-12-9-8-10-13-24)33-29(23)22-14-15-28(41-5-2)27(18-22)36(39)40/h8-10,12-15,17-18,20H,4-7,11,16H2,1-3H3/b25-17+. The van der Waals surface area contributed by atoms with Crippen molar-refractivity contribution in [2.75, 3.05) is 13.2 Å². The Bertz CT molecular complexity index is 1580. The second-order valence-corrected chi connectivity index (χ2v) is 9.58. The predicted molar refractivity (Wildman–Crippen MR) is 154 cm³/mol. The summed E-state index contributed by atoms with van der Waals surface area (Å²) in [5, 5.41) is 26.3. The van der Waals surface area contributed by atoms with Gasteiger partial charge in [0.05, 0.1) is 17.2 Å². The third-order valence-corrected chi connectivity index (χ3v) is 6.85. The Kier molecular flexibility index (Phi) is 9.09. The van der Waals surface area contributed by atoms with Crippen LogP contribution in [0.5, 0.6) is 5.75 Å². The summed E-state index contributed by atoms with van der Waals surface area (Å²) in [6.45, 7) is 5.88. The summed E-state index contributed by atoms with van der Waals surface area (Å²) in [6, 6.07) is 15.9. The van der Waals surface area contributed by atoms with Crippen molar-refractivity contribution in [2.24, 2.45) is 0 Å². The van der Waals surface area contributed by atoms with E-state index in [2.05, 4.69) is 6.92 Å². The number of imide groups is 1. The molecule has 2 aromatic carbocycles. The Balaban J connectivity index is 1.87. The number of nitrogens with zero attached hydrogens (tertiary/aromatic N) is 5. The molecular formula is C31H31N5O5. The normalized spacial score (nSPS) is 14.5. The summed E-state index contributed by atoms with van der Waals surface area (Å²) in [6.07, 6.45) is 6.81. The minimum atomic E-state index is -0.592. The molecule has 2 amide bonds. The summed E-state index contributed by atoms with van der Waals surface area (Å²) >= 11 is 0. The van der Waals surface area contributed by atoms with E-state index in [-0.39, 0.29) is 41.3 Å². The van der Waals surface area contributed by atoms with Gasteiger partial charge < -0.3 is 4.74 Å². The number of hydrogen-bond acceptors (Lipinski definition) is 7. The Morgan fingerprint density at radius 3 is 2.49 bits per heavy atom. The zero-order valence-electron chi connectivity index (χ0n) is 23.3. The van der Waals surface area contributed by atoms with E-state index in [1.807, 2.05) is 36.4 Å². The van der Waals surface area contributed by atoms with Crippen LogP contribution < -0.4 is 4.74 Å². The lowest BCUT2D eigenvalue weighted by atomic mass is 9.93. The molecule has 0 saturated heterocycles. The first-order valence-electron chi connectivity index (χ1n) is 13.6. The van der Waals surface area contributed by atoms with Gasteiger partial charge >= 0.3 is 5.69 Å². The van der Waals surface area contributed by atoms with Crippen LogP contribution in [-0.2, 0) is 9.59 Å². The third kappa shape index (κ3) is 6.09. The molecule has 0 saturated carbocycles. The second-order valence-electron chi connectivity index (χ2n) is 9.58. The average molecular weight is 554 g/mol. The Morgan fingerprint density at radius 1 is 1.07 bits per heavy atom. The summed E-state index contributed by atoms with van der Waals surface area (Å²) in [7, 11) is 0. The zero-order chi connectivity index (χ0) is 29.5. The zero-order valence-corrected chi connectivity index (χ0v) is 23.3. The molecule has 10 heteroatoms. The lowest BCUT2D eigenvalue weighted by Gasteiger charge is -2.27. The Hall–Kier alpha value is -5.04. The maximum absolute atomic E-state index is 13.6. The second kappa shape index (κ2) is 12.9. The fraction of sp³-hybridized carbons (Fsp3) is 0.290. The van der Waals surface area contributed by atoms with Gasteiger partial charge in [0.25, 0.3) is 11.8 Å². The number of para-hydroxylation sites is 1. The van der Waals surface area contributed by atoms with Gasteiger partial charge in [-0.05, 0) is 56.2 Å². The first-order valence-corrected chi connectivity index (χ1v) is 13.6. The number of hydrogen-bond donors (Lipinski definition) is 0. The Labute approximate surface area is 238 Å². The number of ether oxygens (including phenoxy) is 1. The SMILES string of the molecule is CCCCCCN1C(=O)C(C#N)=C(C)/C(=C\c2cn(-c3ccccc3)nc2-c2ccc(OCC)c([N+](=O)[O-])c2)C1=O. The summed E-state index contributed by atoms with van der Waals surface area (Å²) in [5.41, 5.74) is 2.25. The van der Waals surface area contributed by atoms with Crippen molar-refractivity contribution in [3.63, 3.8) is 0 Å². The molecule has 210 valence electrons. The molecule has 1 aliphatic rings. The number of carbonyl (C=O) groups is 2. The highest BCUT2D eigenvalue weighted by Gasteiger charge is 2.35. The molecule has 0 N–H and O–H groups in total. The molecule has 41 heavy (non-hydrogen) atoms. The van der Waals surface area contributed by atoms with Crippen LogP contribution in [0, 0.1) is 21.4 Å². The molecule has 10 nitrogen and oxygen atoms in total. The molecule has 0 fully saturated rings. The number of carbonyl (C=O) groups excluding carboxylic acids is 2. The third-order valence-electron chi connectivity index (χ3n) is 6.85. The van der Waals surface area contributed by atoms with Crippen molar-refractivity contribution in [1.29, 1.82) is 5.26 Å². The summed E-state index contributed by atoms with van der Waals surface area (Å²) < 4.78 is 7.06. The number of nitro benzene ring substituents is 1. The highest BCUT2D eigenvalue weighted by molar-refractivity contribution is 6.19. The topological polar surface area (TPSA) is 131 Å². The molecule has 3 aromatic rings. The van der Waals surface area contributed by atoms with Gasteiger partial charge in [0.15, 0.2) is 5.75 Å². The molecule has 4 rings (SSSR count). The maximum atomic E-state index is 13.6. The molecule has 0 radical (unpaired) electrons. The van der Waals surface area contributed by atoms with Gasteiger partial charge in [0.2, 0.25) is 0 Å². The molecule has 0 spiro atoms. The molecule has 1 aromatic heterocycles. The molecule has 0 unspecified atom stereocenters.